The van der Waals surface area contributed by atoms with Gasteiger partial charge in [0.2, 0.25) is 11.8 Å². The summed E-state index contributed by atoms with van der Waals surface area (Å²) in [5, 5.41) is 12.6. The molecule has 1 aliphatic carbocycles. The molecule has 11 heteroatoms. The lowest BCUT2D eigenvalue weighted by Crippen LogP contribution is -2.40. The number of aryl methyl sites for hydroxylation is 1. The second-order valence-corrected chi connectivity index (χ2v) is 10.9. The van der Waals surface area contributed by atoms with Crippen molar-refractivity contribution in [1.82, 2.24) is 14.0 Å². The molecule has 3 aromatic rings. The molecule has 2 atom stereocenters. The Bertz CT molecular complexity index is 1650. The number of hydrogen-bond acceptors (Lipinski definition) is 6. The van der Waals surface area contributed by atoms with Crippen LogP contribution in [-0.2, 0) is 22.7 Å². The van der Waals surface area contributed by atoms with Crippen molar-refractivity contribution in [3.63, 3.8) is 0 Å². The van der Waals surface area contributed by atoms with Crippen LogP contribution in [-0.4, -0.2) is 45.5 Å². The number of nitrogens with zero attached hydrogens (tertiary/aromatic N) is 4. The summed E-state index contributed by atoms with van der Waals surface area (Å²) in [7, 11) is 0. The Morgan fingerprint density at radius 2 is 1.90 bits per heavy atom. The number of rotatable bonds is 8. The van der Waals surface area contributed by atoms with Crippen molar-refractivity contribution in [2.45, 2.75) is 39.8 Å². The molecule has 0 bridgehead atoms. The van der Waals surface area contributed by atoms with Crippen molar-refractivity contribution in [2.24, 2.45) is 17.8 Å². The minimum Gasteiger partial charge on any atom is -0.493 e. The molecule has 208 valence electrons. The average Bonchev–Trinajstić information content (AvgIpc) is 3.65. The van der Waals surface area contributed by atoms with Crippen molar-refractivity contribution in [3.8, 4) is 11.8 Å². The summed E-state index contributed by atoms with van der Waals surface area (Å²) < 4.78 is 8.78. The van der Waals surface area contributed by atoms with Gasteiger partial charge < -0.3 is 15.0 Å². The summed E-state index contributed by atoms with van der Waals surface area (Å²) >= 11 is 6.11. The second kappa shape index (κ2) is 11.2. The summed E-state index contributed by atoms with van der Waals surface area (Å²) in [6.45, 7) is 4.89. The third kappa shape index (κ3) is 5.47. The van der Waals surface area contributed by atoms with Gasteiger partial charge in [-0.2, -0.15) is 5.26 Å². The first-order valence-corrected chi connectivity index (χ1v) is 13.7. The van der Waals surface area contributed by atoms with E-state index in [0.717, 1.165) is 12.8 Å². The smallest absolute Gasteiger partial charge is 0.331 e. The van der Waals surface area contributed by atoms with Crippen LogP contribution >= 0.6 is 11.6 Å². The number of nitrogens with one attached hydrogen (secondary N) is 1. The van der Waals surface area contributed by atoms with E-state index in [4.69, 9.17) is 21.6 Å². The molecule has 40 heavy (non-hydrogen) atoms. The van der Waals surface area contributed by atoms with Gasteiger partial charge in [-0.15, -0.1) is 0 Å². The van der Waals surface area contributed by atoms with E-state index >= 15 is 0 Å². The SMILES string of the molecule is CCn1c(=O)n(CC2CC2)c(=O)c2cc(NC(=O)[C@@H]3CN(C(C)=O)C[C@H]3COc3ccc(C#N)c(Cl)c3)ccc21. The number of hydrogen-bond donors (Lipinski definition) is 1. The molecule has 2 aromatic carbocycles. The van der Waals surface area contributed by atoms with Crippen molar-refractivity contribution in [3.05, 3.63) is 67.8 Å². The van der Waals surface area contributed by atoms with Gasteiger partial charge in [0.25, 0.3) is 5.56 Å². The number of aromatic nitrogens is 2. The van der Waals surface area contributed by atoms with E-state index < -0.39 is 5.92 Å². The topological polar surface area (TPSA) is 126 Å². The minimum absolute atomic E-state index is 0.138. The summed E-state index contributed by atoms with van der Waals surface area (Å²) in [5.74, 6) is -0.465. The van der Waals surface area contributed by atoms with Crippen LogP contribution in [0.1, 0.15) is 32.3 Å². The van der Waals surface area contributed by atoms with E-state index in [1.165, 1.54) is 11.5 Å². The van der Waals surface area contributed by atoms with E-state index in [9.17, 15) is 19.2 Å². The highest BCUT2D eigenvalue weighted by Crippen LogP contribution is 2.30. The van der Waals surface area contributed by atoms with E-state index in [-0.39, 0.29) is 47.2 Å². The molecule has 5 rings (SSSR count). The zero-order valence-corrected chi connectivity index (χ0v) is 23.1. The van der Waals surface area contributed by atoms with Crippen molar-refractivity contribution in [1.29, 1.82) is 5.26 Å². The summed E-state index contributed by atoms with van der Waals surface area (Å²) in [6.07, 6.45) is 2.02. The number of halogens is 1. The van der Waals surface area contributed by atoms with Crippen molar-refractivity contribution >= 4 is 40.0 Å². The molecule has 2 amide bonds. The number of ether oxygens (including phenoxy) is 1. The number of carbonyl (C=O) groups excluding carboxylic acids is 2. The second-order valence-electron chi connectivity index (χ2n) is 10.5. The fraction of sp³-hybridized carbons (Fsp3) is 0.414. The molecule has 2 heterocycles. The van der Waals surface area contributed by atoms with Gasteiger partial charge >= 0.3 is 5.69 Å². The van der Waals surface area contributed by atoms with Crippen LogP contribution in [0.25, 0.3) is 10.9 Å². The number of anilines is 1. The standard InChI is InChI=1S/C29H30ClN5O5/c1-3-34-26-9-7-21(10-23(26)28(38)35(29(34)39)13-18-4-5-18)32-27(37)24-15-33(17(2)36)14-20(24)16-40-22-8-6-19(12-31)25(30)11-22/h6-11,18,20,24H,3-5,13-16H2,1-2H3,(H,32,37)/t20-,24+/m0/s1. The zero-order valence-electron chi connectivity index (χ0n) is 22.4. The van der Waals surface area contributed by atoms with E-state index in [2.05, 4.69) is 5.32 Å². The van der Waals surface area contributed by atoms with E-state index in [1.807, 2.05) is 13.0 Å². The fourth-order valence-electron chi connectivity index (χ4n) is 5.24. The molecule has 1 saturated heterocycles. The molecule has 1 aromatic heterocycles. The Morgan fingerprint density at radius 3 is 2.55 bits per heavy atom. The highest BCUT2D eigenvalue weighted by atomic mass is 35.5. The Balaban J connectivity index is 1.38. The Labute approximate surface area is 235 Å². The molecule has 0 spiro atoms. The molecule has 0 radical (unpaired) electrons. The predicted molar refractivity (Wildman–Crippen MR) is 150 cm³/mol. The van der Waals surface area contributed by atoms with Crippen LogP contribution in [0.15, 0.2) is 46.0 Å². The molecular weight excluding hydrogens is 534 g/mol. The lowest BCUT2D eigenvalue weighted by molar-refractivity contribution is -0.128. The molecule has 1 saturated carbocycles. The summed E-state index contributed by atoms with van der Waals surface area (Å²) in [4.78, 5) is 53.4. The number of benzene rings is 2. The average molecular weight is 564 g/mol. The highest BCUT2D eigenvalue weighted by molar-refractivity contribution is 6.31. The van der Waals surface area contributed by atoms with Gasteiger partial charge in [-0.1, -0.05) is 11.6 Å². The van der Waals surface area contributed by atoms with Crippen LogP contribution in [0.3, 0.4) is 0 Å². The number of amides is 2. The molecule has 10 nitrogen and oxygen atoms in total. The van der Waals surface area contributed by atoms with Gasteiger partial charge in [0.05, 0.1) is 34.0 Å². The number of fused-ring (bicyclic) bond motifs is 1. The van der Waals surface area contributed by atoms with Gasteiger partial charge in [-0.3, -0.25) is 23.5 Å². The molecule has 2 aliphatic rings. The van der Waals surface area contributed by atoms with Gasteiger partial charge in [-0.25, -0.2) is 4.79 Å². The third-order valence-corrected chi connectivity index (χ3v) is 8.01. The fourth-order valence-corrected chi connectivity index (χ4v) is 5.45. The van der Waals surface area contributed by atoms with Gasteiger partial charge in [0.1, 0.15) is 11.8 Å². The largest absolute Gasteiger partial charge is 0.493 e. The zero-order chi connectivity index (χ0) is 28.6. The van der Waals surface area contributed by atoms with E-state index in [0.29, 0.717) is 53.5 Å². The first-order valence-electron chi connectivity index (χ1n) is 13.4. The molecule has 1 N–H and O–H groups in total. The Kier molecular flexibility index (Phi) is 7.68. The molecular formula is C29H30ClN5O5. The Morgan fingerprint density at radius 1 is 1.12 bits per heavy atom. The predicted octanol–water partition coefficient (Wildman–Crippen LogP) is 3.23. The molecule has 2 fully saturated rings. The minimum atomic E-state index is -0.551. The number of likely N-dealkylation sites (tertiary alicyclic amines) is 1. The van der Waals surface area contributed by atoms with Gasteiger partial charge in [0, 0.05) is 50.8 Å². The monoisotopic (exact) mass is 563 g/mol. The van der Waals surface area contributed by atoms with Crippen LogP contribution in [0.2, 0.25) is 5.02 Å². The first-order chi connectivity index (χ1) is 19.2. The van der Waals surface area contributed by atoms with Crippen LogP contribution in [0.5, 0.6) is 5.75 Å². The summed E-state index contributed by atoms with van der Waals surface area (Å²) in [5.41, 5.74) is 0.627. The maximum atomic E-state index is 13.5. The van der Waals surface area contributed by atoms with E-state index in [1.54, 1.807) is 45.9 Å². The molecule has 0 unspecified atom stereocenters. The first kappa shape index (κ1) is 27.5. The lowest BCUT2D eigenvalue weighted by Gasteiger charge is -2.19. The van der Waals surface area contributed by atoms with Crippen LogP contribution < -0.4 is 21.3 Å². The van der Waals surface area contributed by atoms with Crippen molar-refractivity contribution < 1.29 is 14.3 Å². The third-order valence-electron chi connectivity index (χ3n) is 7.69. The lowest BCUT2D eigenvalue weighted by atomic mass is 9.96. The van der Waals surface area contributed by atoms with Gasteiger partial charge in [-0.05, 0) is 56.0 Å². The number of carbonyl (C=O) groups is 2. The van der Waals surface area contributed by atoms with Crippen LogP contribution in [0, 0.1) is 29.1 Å². The summed E-state index contributed by atoms with van der Waals surface area (Å²) in [6, 6.07) is 11.7. The van der Waals surface area contributed by atoms with Crippen molar-refractivity contribution in [2.75, 3.05) is 25.0 Å². The molecule has 1 aliphatic heterocycles. The highest BCUT2D eigenvalue weighted by Gasteiger charge is 2.39. The maximum Gasteiger partial charge on any atom is 0.331 e. The Hall–Kier alpha value is -4.10. The number of nitriles is 1. The quantitative estimate of drug-likeness (QED) is 0.448. The van der Waals surface area contributed by atoms with Gasteiger partial charge in [0.15, 0.2) is 0 Å². The van der Waals surface area contributed by atoms with Crippen LogP contribution in [0.4, 0.5) is 5.69 Å². The normalized spacial score (nSPS) is 18.5. The maximum absolute atomic E-state index is 13.5.